The van der Waals surface area contributed by atoms with E-state index in [2.05, 4.69) is 53.6 Å². The van der Waals surface area contributed by atoms with Gasteiger partial charge in [-0.3, -0.25) is 0 Å². The zero-order valence-corrected chi connectivity index (χ0v) is 14.5. The van der Waals surface area contributed by atoms with Gasteiger partial charge in [-0.1, -0.05) is 59.8 Å². The van der Waals surface area contributed by atoms with E-state index in [1.54, 1.807) is 0 Å². The van der Waals surface area contributed by atoms with Gasteiger partial charge >= 0.3 is 0 Å². The Morgan fingerprint density at radius 2 is 1.83 bits per heavy atom. The SMILES string of the molecule is C#C[C@H](C[C@H](C)CCCC)O[Si](C)(C)C(C)(C)C. The smallest absolute Gasteiger partial charge is 0.193 e. The van der Waals surface area contributed by atoms with Crippen molar-refractivity contribution < 1.29 is 4.43 Å². The Labute approximate surface area is 116 Å². The maximum absolute atomic E-state index is 6.30. The van der Waals surface area contributed by atoms with Gasteiger partial charge in [0, 0.05) is 0 Å². The average molecular weight is 269 g/mol. The lowest BCUT2D eigenvalue weighted by molar-refractivity contribution is 0.199. The second kappa shape index (κ2) is 7.36. The normalized spacial score (nSPS) is 16.1. The number of rotatable bonds is 7. The summed E-state index contributed by atoms with van der Waals surface area (Å²) in [6, 6.07) is 0. The van der Waals surface area contributed by atoms with Crippen LogP contribution < -0.4 is 0 Å². The Balaban J connectivity index is 4.41. The van der Waals surface area contributed by atoms with Gasteiger partial charge in [0.2, 0.25) is 0 Å². The molecule has 0 saturated heterocycles. The van der Waals surface area contributed by atoms with Gasteiger partial charge in [-0.15, -0.1) is 6.42 Å². The lowest BCUT2D eigenvalue weighted by Gasteiger charge is -2.38. The van der Waals surface area contributed by atoms with Crippen LogP contribution in [0.2, 0.25) is 18.1 Å². The summed E-state index contributed by atoms with van der Waals surface area (Å²) in [5, 5.41) is 0.231. The molecule has 0 aliphatic heterocycles. The van der Waals surface area contributed by atoms with E-state index in [1.165, 1.54) is 19.3 Å². The van der Waals surface area contributed by atoms with E-state index < -0.39 is 8.32 Å². The zero-order chi connectivity index (χ0) is 14.4. The van der Waals surface area contributed by atoms with Gasteiger partial charge in [0.1, 0.15) is 6.10 Å². The molecule has 0 heterocycles. The first-order chi connectivity index (χ1) is 8.14. The van der Waals surface area contributed by atoms with E-state index in [0.717, 1.165) is 6.42 Å². The summed E-state index contributed by atoms with van der Waals surface area (Å²) in [5.74, 6) is 3.51. The number of terminal acetylenes is 1. The van der Waals surface area contributed by atoms with E-state index in [9.17, 15) is 0 Å². The molecule has 0 rings (SSSR count). The van der Waals surface area contributed by atoms with Crippen LogP contribution in [0.15, 0.2) is 0 Å². The summed E-state index contributed by atoms with van der Waals surface area (Å²) in [6.07, 6.45) is 10.5. The minimum atomic E-state index is -1.73. The molecule has 106 valence electrons. The highest BCUT2D eigenvalue weighted by Crippen LogP contribution is 2.37. The third-order valence-corrected chi connectivity index (χ3v) is 8.58. The molecule has 0 spiro atoms. The van der Waals surface area contributed by atoms with Crippen molar-refractivity contribution in [2.45, 2.75) is 84.5 Å². The van der Waals surface area contributed by atoms with Gasteiger partial charge < -0.3 is 4.43 Å². The van der Waals surface area contributed by atoms with Crippen LogP contribution in [0.4, 0.5) is 0 Å². The molecular weight excluding hydrogens is 236 g/mol. The van der Waals surface area contributed by atoms with Crippen molar-refractivity contribution >= 4 is 8.32 Å². The summed E-state index contributed by atoms with van der Waals surface area (Å²) in [4.78, 5) is 0. The van der Waals surface area contributed by atoms with E-state index in [-0.39, 0.29) is 11.1 Å². The van der Waals surface area contributed by atoms with Gasteiger partial charge in [0.15, 0.2) is 8.32 Å². The Bertz CT molecular complexity index is 270. The fourth-order valence-corrected chi connectivity index (χ4v) is 2.95. The number of hydrogen-bond acceptors (Lipinski definition) is 1. The molecule has 0 radical (unpaired) electrons. The Morgan fingerprint density at radius 3 is 2.22 bits per heavy atom. The van der Waals surface area contributed by atoms with Crippen molar-refractivity contribution in [3.8, 4) is 12.3 Å². The van der Waals surface area contributed by atoms with Crippen LogP contribution in [0, 0.1) is 18.3 Å². The molecule has 1 nitrogen and oxygen atoms in total. The van der Waals surface area contributed by atoms with Crippen molar-refractivity contribution in [1.82, 2.24) is 0 Å². The van der Waals surface area contributed by atoms with E-state index in [0.29, 0.717) is 5.92 Å². The summed E-state index contributed by atoms with van der Waals surface area (Å²) < 4.78 is 6.30. The Morgan fingerprint density at radius 1 is 1.28 bits per heavy atom. The lowest BCUT2D eigenvalue weighted by atomic mass is 9.98. The van der Waals surface area contributed by atoms with Crippen molar-refractivity contribution in [3.05, 3.63) is 0 Å². The maximum atomic E-state index is 6.30. The van der Waals surface area contributed by atoms with Crippen LogP contribution in [0.5, 0.6) is 0 Å². The molecule has 2 atom stereocenters. The first-order valence-corrected chi connectivity index (χ1v) is 10.2. The number of unbranched alkanes of at least 4 members (excludes halogenated alkanes) is 1. The molecule has 0 fully saturated rings. The molecular formula is C16H32OSi. The first kappa shape index (κ1) is 17.7. The van der Waals surface area contributed by atoms with Crippen LogP contribution in [-0.2, 0) is 4.43 Å². The second-order valence-corrected chi connectivity index (χ2v) is 11.8. The van der Waals surface area contributed by atoms with Crippen LogP contribution in [-0.4, -0.2) is 14.4 Å². The zero-order valence-electron chi connectivity index (χ0n) is 13.5. The van der Waals surface area contributed by atoms with Gasteiger partial charge in [0.25, 0.3) is 0 Å². The molecule has 0 aromatic carbocycles. The predicted molar refractivity (Wildman–Crippen MR) is 84.2 cm³/mol. The minimum absolute atomic E-state index is 0.00209. The molecule has 2 heteroatoms. The quantitative estimate of drug-likeness (QED) is 0.454. The Kier molecular flexibility index (Phi) is 7.25. The van der Waals surface area contributed by atoms with Crippen molar-refractivity contribution in [2.24, 2.45) is 5.92 Å². The van der Waals surface area contributed by atoms with E-state index in [1.807, 2.05) is 0 Å². The topological polar surface area (TPSA) is 9.23 Å². The monoisotopic (exact) mass is 268 g/mol. The molecule has 0 unspecified atom stereocenters. The molecule has 0 aliphatic rings. The molecule has 0 amide bonds. The molecule has 18 heavy (non-hydrogen) atoms. The van der Waals surface area contributed by atoms with Crippen molar-refractivity contribution in [3.63, 3.8) is 0 Å². The second-order valence-electron chi connectivity index (χ2n) is 7.02. The van der Waals surface area contributed by atoms with Crippen LogP contribution in [0.25, 0.3) is 0 Å². The minimum Gasteiger partial charge on any atom is -0.403 e. The third kappa shape index (κ3) is 6.07. The molecule has 0 aliphatic carbocycles. The van der Waals surface area contributed by atoms with Gasteiger partial charge in [-0.2, -0.15) is 0 Å². The highest BCUT2D eigenvalue weighted by atomic mass is 28.4. The highest BCUT2D eigenvalue weighted by molar-refractivity contribution is 6.74. The van der Waals surface area contributed by atoms with Crippen molar-refractivity contribution in [1.29, 1.82) is 0 Å². The number of hydrogen-bond donors (Lipinski definition) is 0. The Hall–Kier alpha value is -0.263. The summed E-state index contributed by atoms with van der Waals surface area (Å²) >= 11 is 0. The molecule has 0 N–H and O–H groups in total. The first-order valence-electron chi connectivity index (χ1n) is 7.28. The fourth-order valence-electron chi connectivity index (χ4n) is 1.72. The van der Waals surface area contributed by atoms with E-state index in [4.69, 9.17) is 10.8 Å². The molecule has 0 saturated carbocycles. The van der Waals surface area contributed by atoms with Crippen molar-refractivity contribution in [2.75, 3.05) is 0 Å². The summed E-state index contributed by atoms with van der Waals surface area (Å²) in [5.41, 5.74) is 0. The molecule has 0 aromatic rings. The standard InChI is InChI=1S/C16H32OSi/c1-9-11-12-14(3)13-15(10-2)17-18(7,8)16(4,5)6/h2,14-15H,9,11-13H2,1,3-8H3/t14-,15-/m1/s1. The summed E-state index contributed by atoms with van der Waals surface area (Å²) in [7, 11) is -1.73. The largest absolute Gasteiger partial charge is 0.403 e. The fraction of sp³-hybridized carbons (Fsp3) is 0.875. The summed E-state index contributed by atoms with van der Waals surface area (Å²) in [6.45, 7) is 15.8. The predicted octanol–water partition coefficient (Wildman–Crippen LogP) is 5.23. The van der Waals surface area contributed by atoms with Crippen LogP contribution in [0.3, 0.4) is 0 Å². The maximum Gasteiger partial charge on any atom is 0.193 e. The van der Waals surface area contributed by atoms with Crippen LogP contribution >= 0.6 is 0 Å². The average Bonchev–Trinajstić information content (AvgIpc) is 2.23. The van der Waals surface area contributed by atoms with Gasteiger partial charge in [-0.25, -0.2) is 0 Å². The highest BCUT2D eigenvalue weighted by Gasteiger charge is 2.39. The lowest BCUT2D eigenvalue weighted by Crippen LogP contribution is -2.44. The van der Waals surface area contributed by atoms with Gasteiger partial charge in [-0.05, 0) is 30.5 Å². The van der Waals surface area contributed by atoms with Gasteiger partial charge in [0.05, 0.1) is 0 Å². The third-order valence-electron chi connectivity index (χ3n) is 4.10. The molecule has 0 bridgehead atoms. The molecule has 0 aromatic heterocycles. The van der Waals surface area contributed by atoms with E-state index >= 15 is 0 Å². The van der Waals surface area contributed by atoms with Crippen LogP contribution in [0.1, 0.15) is 60.3 Å².